The molecule has 0 aliphatic rings. The summed E-state index contributed by atoms with van der Waals surface area (Å²) in [6, 6.07) is 15.1. The molecule has 146 valence electrons. The van der Waals surface area contributed by atoms with Crippen molar-refractivity contribution >= 4 is 23.4 Å². The van der Waals surface area contributed by atoms with Crippen molar-refractivity contribution in [1.82, 2.24) is 9.97 Å². The monoisotopic (exact) mass is 404 g/mol. The van der Waals surface area contributed by atoms with Gasteiger partial charge in [0.1, 0.15) is 11.6 Å². The number of aromatic amines is 1. The number of anilines is 1. The number of nitrogens with zero attached hydrogens (tertiary/aromatic N) is 2. The molecule has 0 saturated heterocycles. The molecule has 0 atom stereocenters. The first-order valence-corrected chi connectivity index (χ1v) is 9.98. The molecule has 0 fully saturated rings. The highest BCUT2D eigenvalue weighted by atomic mass is 32.2. The maximum absolute atomic E-state index is 12.3. The molecule has 3 rings (SSSR count). The van der Waals surface area contributed by atoms with Gasteiger partial charge in [0.2, 0.25) is 5.91 Å². The van der Waals surface area contributed by atoms with Crippen LogP contribution in [0.5, 0.6) is 0 Å². The lowest BCUT2D eigenvalue weighted by Crippen LogP contribution is -2.18. The third-order valence-electron chi connectivity index (χ3n) is 4.55. The predicted molar refractivity (Wildman–Crippen MR) is 115 cm³/mol. The lowest BCUT2D eigenvalue weighted by atomic mass is 10.1. The summed E-state index contributed by atoms with van der Waals surface area (Å²) < 4.78 is 0. The van der Waals surface area contributed by atoms with Crippen molar-refractivity contribution in [3.8, 4) is 17.3 Å². The van der Waals surface area contributed by atoms with E-state index in [1.54, 1.807) is 0 Å². The third kappa shape index (κ3) is 4.73. The first-order chi connectivity index (χ1) is 13.9. The minimum Gasteiger partial charge on any atom is -0.325 e. The van der Waals surface area contributed by atoms with E-state index >= 15 is 0 Å². The Kier molecular flexibility index (Phi) is 6.15. The van der Waals surface area contributed by atoms with E-state index in [1.165, 1.54) is 0 Å². The second-order valence-corrected chi connectivity index (χ2v) is 7.62. The largest absolute Gasteiger partial charge is 0.325 e. The zero-order valence-corrected chi connectivity index (χ0v) is 17.2. The summed E-state index contributed by atoms with van der Waals surface area (Å²) in [6.07, 6.45) is 0. The van der Waals surface area contributed by atoms with Gasteiger partial charge in [-0.1, -0.05) is 53.7 Å². The van der Waals surface area contributed by atoms with E-state index in [0.29, 0.717) is 16.4 Å². The lowest BCUT2D eigenvalue weighted by Gasteiger charge is -2.10. The Morgan fingerprint density at radius 2 is 1.90 bits per heavy atom. The van der Waals surface area contributed by atoms with Crippen molar-refractivity contribution in [3.05, 3.63) is 75.1 Å². The van der Waals surface area contributed by atoms with Gasteiger partial charge in [-0.3, -0.25) is 9.59 Å². The summed E-state index contributed by atoms with van der Waals surface area (Å²) >= 11 is 1.12. The van der Waals surface area contributed by atoms with Gasteiger partial charge >= 0.3 is 0 Å². The van der Waals surface area contributed by atoms with Crippen LogP contribution in [0.15, 0.2) is 52.4 Å². The molecule has 2 N–H and O–H groups in total. The number of carbonyl (C=O) groups excluding carboxylic acids is 1. The van der Waals surface area contributed by atoms with Crippen LogP contribution in [0.3, 0.4) is 0 Å². The quantitative estimate of drug-likeness (QED) is 0.495. The highest BCUT2D eigenvalue weighted by Gasteiger charge is 2.15. The fourth-order valence-electron chi connectivity index (χ4n) is 2.75. The van der Waals surface area contributed by atoms with Crippen LogP contribution in [0.4, 0.5) is 5.69 Å². The first-order valence-electron chi connectivity index (χ1n) is 8.99. The standard InChI is InChI=1S/C22H20N4O2S/c1-13-7-9-16(10-8-13)20-17(11-23)21(28)26-22(25-20)29-12-19(27)24-18-6-4-5-14(2)15(18)3/h4-10H,12H2,1-3H3,(H,24,27)(H,25,26,28). The summed E-state index contributed by atoms with van der Waals surface area (Å²) in [5.74, 6) is -0.122. The van der Waals surface area contributed by atoms with E-state index < -0.39 is 5.56 Å². The summed E-state index contributed by atoms with van der Waals surface area (Å²) in [6.45, 7) is 5.89. The molecule has 1 aromatic heterocycles. The molecular formula is C22H20N4O2S. The van der Waals surface area contributed by atoms with Gasteiger partial charge in [0.15, 0.2) is 5.16 Å². The number of hydrogen-bond donors (Lipinski definition) is 2. The average Bonchev–Trinajstić information content (AvgIpc) is 2.70. The Hall–Kier alpha value is -3.37. The van der Waals surface area contributed by atoms with Gasteiger partial charge in [-0.2, -0.15) is 5.26 Å². The number of H-pyrrole nitrogens is 1. The van der Waals surface area contributed by atoms with Crippen LogP contribution in [0.25, 0.3) is 11.3 Å². The van der Waals surface area contributed by atoms with Crippen LogP contribution in [0.1, 0.15) is 22.3 Å². The Morgan fingerprint density at radius 3 is 2.59 bits per heavy atom. The van der Waals surface area contributed by atoms with Crippen molar-refractivity contribution in [2.24, 2.45) is 0 Å². The molecule has 0 unspecified atom stereocenters. The van der Waals surface area contributed by atoms with Crippen LogP contribution in [-0.4, -0.2) is 21.6 Å². The van der Waals surface area contributed by atoms with E-state index in [2.05, 4.69) is 15.3 Å². The zero-order chi connectivity index (χ0) is 21.0. The summed E-state index contributed by atoms with van der Waals surface area (Å²) in [5.41, 5.74) is 4.36. The van der Waals surface area contributed by atoms with Crippen molar-refractivity contribution in [2.75, 3.05) is 11.1 Å². The molecule has 1 amide bonds. The van der Waals surface area contributed by atoms with Gasteiger partial charge in [-0.05, 0) is 38.0 Å². The van der Waals surface area contributed by atoms with E-state index in [4.69, 9.17) is 0 Å². The molecule has 0 radical (unpaired) electrons. The summed E-state index contributed by atoms with van der Waals surface area (Å²) in [4.78, 5) is 31.7. The normalized spacial score (nSPS) is 10.4. The van der Waals surface area contributed by atoms with Gasteiger partial charge in [0.25, 0.3) is 5.56 Å². The number of carbonyl (C=O) groups is 1. The number of aromatic nitrogens is 2. The molecule has 0 bridgehead atoms. The summed E-state index contributed by atoms with van der Waals surface area (Å²) in [5, 5.41) is 12.5. The van der Waals surface area contributed by atoms with E-state index in [9.17, 15) is 14.9 Å². The third-order valence-corrected chi connectivity index (χ3v) is 5.43. The Bertz CT molecular complexity index is 1160. The van der Waals surface area contributed by atoms with E-state index in [0.717, 1.165) is 34.1 Å². The second kappa shape index (κ2) is 8.76. The minimum absolute atomic E-state index is 0.0435. The van der Waals surface area contributed by atoms with Gasteiger partial charge < -0.3 is 10.3 Å². The van der Waals surface area contributed by atoms with Crippen molar-refractivity contribution < 1.29 is 4.79 Å². The first kappa shape index (κ1) is 20.4. The number of benzene rings is 2. The molecule has 7 heteroatoms. The Balaban J connectivity index is 1.80. The number of thioether (sulfide) groups is 1. The molecule has 3 aromatic rings. The molecule has 0 aliphatic heterocycles. The highest BCUT2D eigenvalue weighted by Crippen LogP contribution is 2.23. The molecule has 1 heterocycles. The predicted octanol–water partition coefficient (Wildman–Crippen LogP) is 3.96. The van der Waals surface area contributed by atoms with Crippen molar-refractivity contribution in [2.45, 2.75) is 25.9 Å². The van der Waals surface area contributed by atoms with E-state index in [1.807, 2.05) is 69.3 Å². The molecular weight excluding hydrogens is 384 g/mol. The topological polar surface area (TPSA) is 98.6 Å². The van der Waals surface area contributed by atoms with Crippen LogP contribution >= 0.6 is 11.8 Å². The minimum atomic E-state index is -0.518. The Morgan fingerprint density at radius 1 is 1.17 bits per heavy atom. The highest BCUT2D eigenvalue weighted by molar-refractivity contribution is 7.99. The average molecular weight is 404 g/mol. The molecule has 29 heavy (non-hydrogen) atoms. The number of amides is 1. The fraction of sp³-hybridized carbons (Fsp3) is 0.182. The van der Waals surface area contributed by atoms with Crippen LogP contribution < -0.4 is 10.9 Å². The van der Waals surface area contributed by atoms with Gasteiger partial charge in [-0.15, -0.1) is 0 Å². The van der Waals surface area contributed by atoms with Crippen molar-refractivity contribution in [3.63, 3.8) is 0 Å². The maximum Gasteiger partial charge on any atom is 0.270 e. The maximum atomic E-state index is 12.3. The number of nitriles is 1. The van der Waals surface area contributed by atoms with Gasteiger partial charge in [-0.25, -0.2) is 4.98 Å². The van der Waals surface area contributed by atoms with Crippen molar-refractivity contribution in [1.29, 1.82) is 5.26 Å². The number of aryl methyl sites for hydroxylation is 2. The zero-order valence-electron chi connectivity index (χ0n) is 16.4. The second-order valence-electron chi connectivity index (χ2n) is 6.66. The molecule has 0 saturated carbocycles. The van der Waals surface area contributed by atoms with Crippen LogP contribution in [0, 0.1) is 32.1 Å². The molecule has 2 aromatic carbocycles. The number of rotatable bonds is 5. The van der Waals surface area contributed by atoms with E-state index in [-0.39, 0.29) is 17.2 Å². The number of hydrogen-bond acceptors (Lipinski definition) is 5. The van der Waals surface area contributed by atoms with Crippen LogP contribution in [0.2, 0.25) is 0 Å². The molecule has 0 aliphatic carbocycles. The fourth-order valence-corrected chi connectivity index (χ4v) is 3.41. The molecule has 0 spiro atoms. The smallest absolute Gasteiger partial charge is 0.270 e. The van der Waals surface area contributed by atoms with Gasteiger partial charge in [0.05, 0.1) is 11.4 Å². The number of nitrogens with one attached hydrogen (secondary N) is 2. The van der Waals surface area contributed by atoms with Gasteiger partial charge in [0, 0.05) is 11.3 Å². The SMILES string of the molecule is Cc1ccc(-c2nc(SCC(=O)Nc3cccc(C)c3C)[nH]c(=O)c2C#N)cc1. The molecule has 6 nitrogen and oxygen atoms in total. The summed E-state index contributed by atoms with van der Waals surface area (Å²) in [7, 11) is 0. The lowest BCUT2D eigenvalue weighted by molar-refractivity contribution is -0.113. The Labute approximate surface area is 173 Å². The van der Waals surface area contributed by atoms with Crippen LogP contribution in [-0.2, 0) is 4.79 Å².